The lowest BCUT2D eigenvalue weighted by Gasteiger charge is -2.16. The van der Waals surface area contributed by atoms with E-state index in [0.29, 0.717) is 53.8 Å². The molecule has 10 heteroatoms. The minimum Gasteiger partial charge on any atom is -0.445 e. The van der Waals surface area contributed by atoms with Gasteiger partial charge in [0.2, 0.25) is 5.95 Å². The van der Waals surface area contributed by atoms with E-state index in [0.717, 1.165) is 46.2 Å². The van der Waals surface area contributed by atoms with Crippen LogP contribution in [0.5, 0.6) is 0 Å². The van der Waals surface area contributed by atoms with Crippen LogP contribution in [-0.2, 0) is 11.3 Å². The molecular weight excluding hydrogens is 546 g/mol. The maximum Gasteiger partial charge on any atom is 0.410 e. The SMILES string of the molecule is O=C(NC1CC1)c1cccc2sc(-c3nc(NCCC4CCN(C(=O)OCc5ccccc5)C4)ncc3Cl)cc12. The molecule has 2 aliphatic rings. The van der Waals surface area contributed by atoms with E-state index in [9.17, 15) is 9.59 Å². The molecule has 2 aromatic carbocycles. The molecule has 2 N–H and O–H groups in total. The molecule has 3 heterocycles. The second-order valence-corrected chi connectivity index (χ2v) is 11.8. The lowest BCUT2D eigenvalue weighted by atomic mass is 10.1. The van der Waals surface area contributed by atoms with Crippen LogP contribution < -0.4 is 10.6 Å². The van der Waals surface area contributed by atoms with Gasteiger partial charge in [-0.25, -0.2) is 14.8 Å². The molecule has 2 aromatic heterocycles. The molecule has 2 amide bonds. The van der Waals surface area contributed by atoms with Crippen LogP contribution in [-0.4, -0.2) is 52.5 Å². The Morgan fingerprint density at radius 3 is 2.77 bits per heavy atom. The fourth-order valence-corrected chi connectivity index (χ4v) is 6.26. The van der Waals surface area contributed by atoms with Crippen molar-refractivity contribution in [3.8, 4) is 10.6 Å². The highest BCUT2D eigenvalue weighted by Crippen LogP contribution is 2.37. The topological polar surface area (TPSA) is 96.5 Å². The van der Waals surface area contributed by atoms with E-state index in [1.807, 2.05) is 54.6 Å². The van der Waals surface area contributed by atoms with Gasteiger partial charge >= 0.3 is 6.09 Å². The summed E-state index contributed by atoms with van der Waals surface area (Å²) in [6.07, 6.45) is 5.25. The average Bonchev–Trinajstić information content (AvgIpc) is 3.47. The standard InChI is InChI=1S/C30H30ClN5O3S/c31-24-16-33-29(32-13-11-19-12-14-36(17-19)30(38)39-18-20-5-2-1-3-6-20)35-27(24)26-15-23-22(7-4-8-25(23)40-26)28(37)34-21-9-10-21/h1-8,15-16,19,21H,9-14,17-18H2,(H,34,37)(H,32,33,35). The van der Waals surface area contributed by atoms with Gasteiger partial charge in [-0.15, -0.1) is 11.3 Å². The smallest absolute Gasteiger partial charge is 0.410 e. The molecule has 0 bridgehead atoms. The third-order valence-electron chi connectivity index (χ3n) is 7.28. The van der Waals surface area contributed by atoms with Gasteiger partial charge in [-0.2, -0.15) is 0 Å². The molecule has 6 rings (SSSR count). The number of amides is 2. The number of ether oxygens (including phenoxy) is 1. The van der Waals surface area contributed by atoms with E-state index in [1.165, 1.54) is 0 Å². The van der Waals surface area contributed by atoms with Crippen LogP contribution in [0.4, 0.5) is 10.7 Å². The highest BCUT2D eigenvalue weighted by atomic mass is 35.5. The number of anilines is 1. The van der Waals surface area contributed by atoms with Crippen molar-refractivity contribution in [3.63, 3.8) is 0 Å². The molecular formula is C30H30ClN5O3S. The molecule has 1 aliphatic carbocycles. The summed E-state index contributed by atoms with van der Waals surface area (Å²) in [6.45, 7) is 2.34. The van der Waals surface area contributed by atoms with Crippen molar-refractivity contribution >= 4 is 51.0 Å². The minimum absolute atomic E-state index is 0.0384. The highest BCUT2D eigenvalue weighted by Gasteiger charge is 2.27. The zero-order valence-electron chi connectivity index (χ0n) is 21.9. The van der Waals surface area contributed by atoms with Crippen LogP contribution in [0.25, 0.3) is 20.7 Å². The number of likely N-dealkylation sites (tertiary alicyclic amines) is 1. The maximum absolute atomic E-state index is 12.8. The summed E-state index contributed by atoms with van der Waals surface area (Å²) in [6, 6.07) is 17.8. The summed E-state index contributed by atoms with van der Waals surface area (Å²) < 4.78 is 6.49. The monoisotopic (exact) mass is 575 g/mol. The number of hydrogen-bond acceptors (Lipinski definition) is 7. The lowest BCUT2D eigenvalue weighted by molar-refractivity contribution is 0.0952. The fourth-order valence-electron chi connectivity index (χ4n) is 4.92. The van der Waals surface area contributed by atoms with E-state index < -0.39 is 0 Å². The molecule has 1 saturated heterocycles. The van der Waals surface area contributed by atoms with Crippen LogP contribution in [0.15, 0.2) is 60.8 Å². The number of nitrogens with zero attached hydrogens (tertiary/aromatic N) is 3. The normalized spacial score (nSPS) is 16.7. The van der Waals surface area contributed by atoms with Crippen molar-refractivity contribution < 1.29 is 14.3 Å². The highest BCUT2D eigenvalue weighted by molar-refractivity contribution is 7.22. The van der Waals surface area contributed by atoms with Crippen LogP contribution in [0.2, 0.25) is 5.02 Å². The summed E-state index contributed by atoms with van der Waals surface area (Å²) in [5.41, 5.74) is 2.29. The zero-order chi connectivity index (χ0) is 27.5. The molecule has 2 fully saturated rings. The molecule has 0 radical (unpaired) electrons. The van der Waals surface area contributed by atoms with E-state index in [-0.39, 0.29) is 18.6 Å². The molecule has 1 saturated carbocycles. The molecule has 1 unspecified atom stereocenters. The summed E-state index contributed by atoms with van der Waals surface area (Å²) in [5.74, 6) is 0.843. The number of nitrogens with one attached hydrogen (secondary N) is 2. The lowest BCUT2D eigenvalue weighted by Crippen LogP contribution is -2.29. The first kappa shape index (κ1) is 26.5. The number of carbonyl (C=O) groups excluding carboxylic acids is 2. The predicted octanol–water partition coefficient (Wildman–Crippen LogP) is 6.36. The Morgan fingerprint density at radius 2 is 1.95 bits per heavy atom. The number of benzene rings is 2. The van der Waals surface area contributed by atoms with Crippen LogP contribution in [0.3, 0.4) is 0 Å². The van der Waals surface area contributed by atoms with Crippen LogP contribution >= 0.6 is 22.9 Å². The number of hydrogen-bond donors (Lipinski definition) is 2. The predicted molar refractivity (Wildman–Crippen MR) is 158 cm³/mol. The summed E-state index contributed by atoms with van der Waals surface area (Å²) in [4.78, 5) is 37.0. The summed E-state index contributed by atoms with van der Waals surface area (Å²) >= 11 is 8.07. The van der Waals surface area contributed by atoms with Crippen molar-refractivity contribution in [2.45, 2.75) is 38.3 Å². The Kier molecular flexibility index (Phi) is 7.84. The van der Waals surface area contributed by atoms with Gasteiger partial charge in [0.15, 0.2) is 0 Å². The first-order chi connectivity index (χ1) is 19.5. The number of thiophene rings is 1. The van der Waals surface area contributed by atoms with Gasteiger partial charge in [0.25, 0.3) is 5.91 Å². The summed E-state index contributed by atoms with van der Waals surface area (Å²) in [7, 11) is 0. The van der Waals surface area contributed by atoms with Gasteiger partial charge in [0.1, 0.15) is 12.3 Å². The Labute approximate surface area is 241 Å². The van der Waals surface area contributed by atoms with Crippen molar-refractivity contribution in [1.82, 2.24) is 20.2 Å². The number of aromatic nitrogens is 2. The number of rotatable bonds is 9. The Morgan fingerprint density at radius 1 is 1.10 bits per heavy atom. The molecule has 4 aromatic rings. The average molecular weight is 576 g/mol. The second kappa shape index (κ2) is 11.8. The van der Waals surface area contributed by atoms with Gasteiger partial charge in [0, 0.05) is 41.3 Å². The second-order valence-electron chi connectivity index (χ2n) is 10.3. The largest absolute Gasteiger partial charge is 0.445 e. The van der Waals surface area contributed by atoms with Crippen molar-refractivity contribution in [1.29, 1.82) is 0 Å². The Hall–Kier alpha value is -3.69. The third-order valence-corrected chi connectivity index (χ3v) is 8.66. The number of halogens is 1. The molecule has 1 atom stereocenters. The van der Waals surface area contributed by atoms with Crippen LogP contribution in [0.1, 0.15) is 41.6 Å². The fraction of sp³-hybridized carbons (Fsp3) is 0.333. The van der Waals surface area contributed by atoms with Crippen molar-refractivity contribution in [3.05, 3.63) is 76.9 Å². The van der Waals surface area contributed by atoms with Crippen molar-refractivity contribution in [2.24, 2.45) is 5.92 Å². The molecule has 1 aliphatic heterocycles. The quantitative estimate of drug-likeness (QED) is 0.241. The first-order valence-corrected chi connectivity index (χ1v) is 14.8. The van der Waals surface area contributed by atoms with Gasteiger partial charge in [-0.1, -0.05) is 48.0 Å². The number of fused-ring (bicyclic) bond motifs is 1. The molecule has 0 spiro atoms. The Bertz CT molecular complexity index is 1520. The third kappa shape index (κ3) is 6.21. The maximum atomic E-state index is 12.8. The number of carbonyl (C=O) groups is 2. The van der Waals surface area contributed by atoms with Gasteiger partial charge in [-0.05, 0) is 55.4 Å². The summed E-state index contributed by atoms with van der Waals surface area (Å²) in [5, 5.41) is 7.75. The molecule has 40 heavy (non-hydrogen) atoms. The minimum atomic E-state index is -0.262. The molecule has 206 valence electrons. The van der Waals surface area contributed by atoms with E-state index in [2.05, 4.69) is 15.6 Å². The van der Waals surface area contributed by atoms with E-state index in [1.54, 1.807) is 22.4 Å². The zero-order valence-corrected chi connectivity index (χ0v) is 23.5. The molecule has 8 nitrogen and oxygen atoms in total. The van der Waals surface area contributed by atoms with E-state index in [4.69, 9.17) is 21.3 Å². The van der Waals surface area contributed by atoms with Crippen molar-refractivity contribution in [2.75, 3.05) is 25.0 Å². The van der Waals surface area contributed by atoms with Crippen LogP contribution in [0, 0.1) is 5.92 Å². The Balaban J connectivity index is 1.05. The van der Waals surface area contributed by atoms with E-state index >= 15 is 0 Å². The first-order valence-electron chi connectivity index (χ1n) is 13.6. The van der Waals surface area contributed by atoms with Gasteiger partial charge in [-0.3, -0.25) is 4.79 Å². The van der Waals surface area contributed by atoms with Gasteiger partial charge in [0.05, 0.1) is 16.1 Å². The van der Waals surface area contributed by atoms with Gasteiger partial charge < -0.3 is 20.3 Å².